The van der Waals surface area contributed by atoms with E-state index in [9.17, 15) is 4.79 Å². The van der Waals surface area contributed by atoms with Gasteiger partial charge in [0.2, 0.25) is 5.91 Å². The normalized spacial score (nSPS) is 10.5. The Balaban J connectivity index is 1.79. The highest BCUT2D eigenvalue weighted by molar-refractivity contribution is 9.10. The summed E-state index contributed by atoms with van der Waals surface area (Å²) < 4.78 is 5.91. The number of hydrogen-bond acceptors (Lipinski definition) is 5. The number of nitrogens with one attached hydrogen (secondary N) is 1. The molecule has 0 saturated heterocycles. The first-order chi connectivity index (χ1) is 11.1. The molecule has 0 saturated carbocycles. The summed E-state index contributed by atoms with van der Waals surface area (Å²) in [7, 11) is 0. The Bertz CT molecular complexity index is 830. The van der Waals surface area contributed by atoms with Crippen LogP contribution in [0.2, 0.25) is 0 Å². The number of hydrogen-bond donors (Lipinski definition) is 1. The van der Waals surface area contributed by atoms with E-state index in [0.717, 1.165) is 11.1 Å². The van der Waals surface area contributed by atoms with Gasteiger partial charge < -0.3 is 9.84 Å². The standard InChI is InChI=1S/C16H12BrN4O2/c1-10(22)19-7-11-2-4-12(5-3-11)13-6-15(23-21-13)14-8-18-9-16(17)20-14/h2-6,9H,7H2,1H3,(H,19,22). The van der Waals surface area contributed by atoms with Crippen LogP contribution in [0.1, 0.15) is 12.5 Å². The molecule has 0 aliphatic carbocycles. The Labute approximate surface area is 141 Å². The van der Waals surface area contributed by atoms with Crippen molar-refractivity contribution in [3.63, 3.8) is 0 Å². The van der Waals surface area contributed by atoms with Crippen LogP contribution in [0.25, 0.3) is 22.7 Å². The van der Waals surface area contributed by atoms with Crippen molar-refractivity contribution in [2.45, 2.75) is 13.5 Å². The van der Waals surface area contributed by atoms with E-state index in [4.69, 9.17) is 4.52 Å². The molecule has 2 aromatic heterocycles. The number of carbonyl (C=O) groups excluding carboxylic acids is 1. The fraction of sp³-hybridized carbons (Fsp3) is 0.125. The summed E-state index contributed by atoms with van der Waals surface area (Å²) in [6.07, 6.45) is 4.31. The van der Waals surface area contributed by atoms with Gasteiger partial charge in [-0.15, -0.1) is 0 Å². The molecule has 0 aliphatic heterocycles. The van der Waals surface area contributed by atoms with Crippen molar-refractivity contribution < 1.29 is 9.32 Å². The molecule has 3 rings (SSSR count). The molecule has 3 aromatic rings. The number of benzene rings is 1. The van der Waals surface area contributed by atoms with Gasteiger partial charge in [0.15, 0.2) is 5.76 Å². The quantitative estimate of drug-likeness (QED) is 0.762. The van der Waals surface area contributed by atoms with Crippen molar-refractivity contribution in [1.29, 1.82) is 0 Å². The molecule has 115 valence electrons. The molecule has 1 radical (unpaired) electrons. The van der Waals surface area contributed by atoms with Gasteiger partial charge in [0.1, 0.15) is 22.2 Å². The molecule has 0 unspecified atom stereocenters. The maximum Gasteiger partial charge on any atom is 0.217 e. The number of amides is 1. The van der Waals surface area contributed by atoms with Crippen molar-refractivity contribution in [2.75, 3.05) is 0 Å². The third-order valence-electron chi connectivity index (χ3n) is 3.09. The summed E-state index contributed by atoms with van der Waals surface area (Å²) in [5.74, 6) is 0.442. The van der Waals surface area contributed by atoms with Crippen molar-refractivity contribution in [2.24, 2.45) is 0 Å². The Kier molecular flexibility index (Phi) is 4.47. The summed E-state index contributed by atoms with van der Waals surface area (Å²) in [5.41, 5.74) is 3.11. The van der Waals surface area contributed by atoms with Crippen molar-refractivity contribution in [1.82, 2.24) is 20.4 Å². The topological polar surface area (TPSA) is 80.9 Å². The molecule has 1 amide bonds. The van der Waals surface area contributed by atoms with E-state index < -0.39 is 0 Å². The zero-order valence-electron chi connectivity index (χ0n) is 12.2. The minimum absolute atomic E-state index is 0.0541. The number of rotatable bonds is 4. The van der Waals surface area contributed by atoms with Gasteiger partial charge in [0.05, 0.1) is 6.20 Å². The van der Waals surface area contributed by atoms with Crippen LogP contribution in [-0.4, -0.2) is 21.0 Å². The van der Waals surface area contributed by atoms with Crippen LogP contribution in [0, 0.1) is 6.20 Å². The smallest absolute Gasteiger partial charge is 0.217 e. The number of halogens is 1. The highest BCUT2D eigenvalue weighted by atomic mass is 79.9. The molecular weight excluding hydrogens is 360 g/mol. The highest BCUT2D eigenvalue weighted by Crippen LogP contribution is 2.25. The molecule has 0 spiro atoms. The summed E-state index contributed by atoms with van der Waals surface area (Å²) >= 11 is 3.26. The SMILES string of the molecule is CC(=O)NCc1ccc(-c2cc(-c3[c]ncc(Br)n3)on2)cc1. The molecule has 1 aromatic carbocycles. The lowest BCUT2D eigenvalue weighted by Gasteiger charge is -2.03. The number of nitrogens with zero attached hydrogens (tertiary/aromatic N) is 3. The second kappa shape index (κ2) is 6.70. The Morgan fingerprint density at radius 2 is 2.13 bits per heavy atom. The van der Waals surface area contributed by atoms with Crippen molar-refractivity contribution >= 4 is 21.8 Å². The van der Waals surface area contributed by atoms with E-state index in [2.05, 4.69) is 42.6 Å². The van der Waals surface area contributed by atoms with Crippen LogP contribution < -0.4 is 5.32 Å². The van der Waals surface area contributed by atoms with E-state index in [-0.39, 0.29) is 5.91 Å². The lowest BCUT2D eigenvalue weighted by atomic mass is 10.1. The number of aromatic nitrogens is 3. The van der Waals surface area contributed by atoms with E-state index in [1.807, 2.05) is 24.3 Å². The van der Waals surface area contributed by atoms with Gasteiger partial charge in [-0.1, -0.05) is 29.4 Å². The molecule has 2 heterocycles. The van der Waals surface area contributed by atoms with Crippen LogP contribution in [0.4, 0.5) is 0 Å². The lowest BCUT2D eigenvalue weighted by molar-refractivity contribution is -0.119. The van der Waals surface area contributed by atoms with Crippen LogP contribution in [0.5, 0.6) is 0 Å². The minimum Gasteiger partial charge on any atom is -0.354 e. The van der Waals surface area contributed by atoms with Gasteiger partial charge in [-0.3, -0.25) is 4.79 Å². The fourth-order valence-corrected chi connectivity index (χ4v) is 2.24. The molecule has 7 heteroatoms. The molecule has 0 atom stereocenters. The zero-order valence-corrected chi connectivity index (χ0v) is 13.8. The maximum atomic E-state index is 10.9. The molecule has 0 bridgehead atoms. The predicted octanol–water partition coefficient (Wildman–Crippen LogP) is 3.00. The monoisotopic (exact) mass is 371 g/mol. The first kappa shape index (κ1) is 15.4. The second-order valence-electron chi connectivity index (χ2n) is 4.84. The summed E-state index contributed by atoms with van der Waals surface area (Å²) in [6, 6.07) is 9.51. The van der Waals surface area contributed by atoms with E-state index in [1.54, 1.807) is 12.3 Å². The average Bonchev–Trinajstić information content (AvgIpc) is 3.03. The summed E-state index contributed by atoms with van der Waals surface area (Å²) in [6.45, 7) is 2.00. The fourth-order valence-electron chi connectivity index (χ4n) is 1.96. The third kappa shape index (κ3) is 3.81. The van der Waals surface area contributed by atoms with Crippen LogP contribution in [0.3, 0.4) is 0 Å². The molecule has 23 heavy (non-hydrogen) atoms. The van der Waals surface area contributed by atoms with E-state index >= 15 is 0 Å². The van der Waals surface area contributed by atoms with Gasteiger partial charge in [-0.05, 0) is 21.5 Å². The first-order valence-electron chi connectivity index (χ1n) is 6.83. The molecule has 6 nitrogen and oxygen atoms in total. The summed E-state index contributed by atoms with van der Waals surface area (Å²) in [5, 5.41) is 6.80. The number of carbonyl (C=O) groups is 1. The van der Waals surface area contributed by atoms with Crippen LogP contribution >= 0.6 is 15.9 Å². The molecule has 0 aliphatic rings. The minimum atomic E-state index is -0.0541. The van der Waals surface area contributed by atoms with Crippen LogP contribution in [0.15, 0.2) is 45.7 Å². The molecular formula is C16H12BrN4O2. The van der Waals surface area contributed by atoms with Gasteiger partial charge in [-0.25, -0.2) is 9.97 Å². The average molecular weight is 372 g/mol. The Morgan fingerprint density at radius 3 is 2.83 bits per heavy atom. The van der Waals surface area contributed by atoms with Crippen LogP contribution in [-0.2, 0) is 11.3 Å². The summed E-state index contributed by atoms with van der Waals surface area (Å²) in [4.78, 5) is 19.1. The Morgan fingerprint density at radius 1 is 1.35 bits per heavy atom. The molecule has 1 N–H and O–H groups in total. The first-order valence-corrected chi connectivity index (χ1v) is 7.62. The zero-order chi connectivity index (χ0) is 16.2. The van der Waals surface area contributed by atoms with Gasteiger partial charge in [0.25, 0.3) is 0 Å². The van der Waals surface area contributed by atoms with Crippen molar-refractivity contribution in [3.8, 4) is 22.7 Å². The van der Waals surface area contributed by atoms with Crippen molar-refractivity contribution in [3.05, 3.63) is 52.9 Å². The van der Waals surface area contributed by atoms with Gasteiger partial charge >= 0.3 is 0 Å². The largest absolute Gasteiger partial charge is 0.354 e. The van der Waals surface area contributed by atoms with E-state index in [0.29, 0.717) is 28.3 Å². The van der Waals surface area contributed by atoms with E-state index in [1.165, 1.54) is 6.92 Å². The Hall–Kier alpha value is -2.54. The third-order valence-corrected chi connectivity index (χ3v) is 3.48. The predicted molar refractivity (Wildman–Crippen MR) is 87.0 cm³/mol. The maximum absolute atomic E-state index is 10.9. The van der Waals surface area contributed by atoms with Gasteiger partial charge in [-0.2, -0.15) is 0 Å². The molecule has 0 fully saturated rings. The lowest BCUT2D eigenvalue weighted by Crippen LogP contribution is -2.18. The van der Waals surface area contributed by atoms with Gasteiger partial charge in [0, 0.05) is 25.1 Å². The highest BCUT2D eigenvalue weighted by Gasteiger charge is 2.11. The second-order valence-corrected chi connectivity index (χ2v) is 5.65.